The topological polar surface area (TPSA) is 77.0 Å². The molecule has 0 saturated carbocycles. The van der Waals surface area contributed by atoms with Crippen LogP contribution in [0.1, 0.15) is 0 Å². The van der Waals surface area contributed by atoms with Crippen LogP contribution in [0.2, 0.25) is 0 Å². The zero-order valence-electron chi connectivity index (χ0n) is 8.32. The second-order valence-corrected chi connectivity index (χ2v) is 2.37. The maximum atomic E-state index is 10.5. The highest BCUT2D eigenvalue weighted by molar-refractivity contribution is 5.66. The Bertz CT molecular complexity index is 142. The molecular weight excluding hydrogens is 190 g/mol. The first kappa shape index (κ1) is 13.2. The van der Waals surface area contributed by atoms with E-state index in [1.54, 1.807) is 0 Å². The first-order chi connectivity index (χ1) is 6.81. The van der Waals surface area contributed by atoms with Gasteiger partial charge in [-0.15, -0.1) is 0 Å². The van der Waals surface area contributed by atoms with Crippen LogP contribution in [0.5, 0.6) is 0 Å². The molecule has 0 unspecified atom stereocenters. The van der Waals surface area contributed by atoms with E-state index in [2.05, 4.69) is 10.1 Å². The molecule has 1 amide bonds. The van der Waals surface area contributed by atoms with Gasteiger partial charge < -0.3 is 24.6 Å². The minimum absolute atomic E-state index is 0.0178. The molecule has 0 rings (SSSR count). The van der Waals surface area contributed by atoms with Crippen molar-refractivity contribution in [2.24, 2.45) is 0 Å². The summed E-state index contributed by atoms with van der Waals surface area (Å²) in [5, 5.41) is 10.8. The molecule has 0 aliphatic heterocycles. The lowest BCUT2D eigenvalue weighted by atomic mass is 10.6. The quantitative estimate of drug-likeness (QED) is 0.518. The van der Waals surface area contributed by atoms with Crippen LogP contribution < -0.4 is 5.32 Å². The molecule has 0 aliphatic rings. The predicted molar refractivity (Wildman–Crippen MR) is 49.1 cm³/mol. The van der Waals surface area contributed by atoms with Gasteiger partial charge in [-0.2, -0.15) is 0 Å². The van der Waals surface area contributed by atoms with E-state index in [1.807, 2.05) is 0 Å². The van der Waals surface area contributed by atoms with Crippen molar-refractivity contribution >= 4 is 6.09 Å². The summed E-state index contributed by atoms with van der Waals surface area (Å²) in [5.41, 5.74) is 0. The Morgan fingerprint density at radius 3 is 2.43 bits per heavy atom. The summed E-state index contributed by atoms with van der Waals surface area (Å²) in [6.45, 7) is 2.06. The monoisotopic (exact) mass is 207 g/mol. The summed E-state index contributed by atoms with van der Waals surface area (Å²) >= 11 is 0. The predicted octanol–water partition coefficient (Wildman–Crippen LogP) is -0.632. The van der Waals surface area contributed by atoms with Gasteiger partial charge in [0.2, 0.25) is 0 Å². The molecular formula is C8H17NO5. The van der Waals surface area contributed by atoms with Crippen molar-refractivity contribution in [3.63, 3.8) is 0 Å². The molecule has 0 atom stereocenters. The summed E-state index contributed by atoms with van der Waals surface area (Å²) in [6.07, 6.45) is -0.467. The van der Waals surface area contributed by atoms with E-state index < -0.39 is 6.09 Å². The Balaban J connectivity index is 2.95. The lowest BCUT2D eigenvalue weighted by molar-refractivity contribution is 0.0339. The van der Waals surface area contributed by atoms with Crippen molar-refractivity contribution in [2.45, 2.75) is 0 Å². The van der Waals surface area contributed by atoms with Crippen molar-refractivity contribution in [1.29, 1.82) is 0 Å². The van der Waals surface area contributed by atoms with Gasteiger partial charge in [0.05, 0.1) is 40.1 Å². The van der Waals surface area contributed by atoms with Crippen molar-refractivity contribution in [3.05, 3.63) is 0 Å². The molecule has 6 heteroatoms. The number of methoxy groups -OCH3 is 1. The molecule has 0 aliphatic carbocycles. The van der Waals surface area contributed by atoms with Gasteiger partial charge in [-0.25, -0.2) is 4.79 Å². The van der Waals surface area contributed by atoms with Gasteiger partial charge in [0, 0.05) is 6.54 Å². The molecule has 0 fully saturated rings. The number of hydrogen-bond donors (Lipinski definition) is 2. The number of alkyl carbamates (subject to hydrolysis) is 1. The molecule has 6 nitrogen and oxygen atoms in total. The Labute approximate surface area is 83.1 Å². The number of amides is 1. The van der Waals surface area contributed by atoms with Crippen LogP contribution in [0, 0.1) is 0 Å². The Kier molecular flexibility index (Phi) is 9.61. The number of rotatable bonds is 8. The maximum Gasteiger partial charge on any atom is 0.406 e. The summed E-state index contributed by atoms with van der Waals surface area (Å²) < 4.78 is 14.4. The van der Waals surface area contributed by atoms with E-state index in [1.165, 1.54) is 7.11 Å². The summed E-state index contributed by atoms with van der Waals surface area (Å²) in [5.74, 6) is 0. The number of carbonyl (C=O) groups is 1. The van der Waals surface area contributed by atoms with Crippen molar-refractivity contribution in [1.82, 2.24) is 5.32 Å². The first-order valence-electron chi connectivity index (χ1n) is 4.39. The molecule has 0 spiro atoms. The number of aliphatic hydroxyl groups excluding tert-OH is 1. The minimum atomic E-state index is -0.467. The third kappa shape index (κ3) is 9.24. The standard InChI is InChI=1S/C8H17NO5/c1-12-8(11)9-2-4-13-6-7-14-5-3-10/h10H,2-7H2,1H3,(H,9,11). The van der Waals surface area contributed by atoms with E-state index in [0.717, 1.165) is 0 Å². The fraction of sp³-hybridized carbons (Fsp3) is 0.875. The molecule has 0 heterocycles. The fourth-order valence-corrected chi connectivity index (χ4v) is 0.684. The Morgan fingerprint density at radius 2 is 1.86 bits per heavy atom. The number of carbonyl (C=O) groups excluding carboxylic acids is 1. The van der Waals surface area contributed by atoms with Crippen LogP contribution in [0.3, 0.4) is 0 Å². The molecule has 0 saturated heterocycles. The number of hydrogen-bond acceptors (Lipinski definition) is 5. The number of aliphatic hydroxyl groups is 1. The molecule has 0 radical (unpaired) electrons. The second-order valence-electron chi connectivity index (χ2n) is 2.37. The highest BCUT2D eigenvalue weighted by Gasteiger charge is 1.95. The van der Waals surface area contributed by atoms with Crippen LogP contribution in [-0.2, 0) is 14.2 Å². The average molecular weight is 207 g/mol. The minimum Gasteiger partial charge on any atom is -0.453 e. The second kappa shape index (κ2) is 10.2. The van der Waals surface area contributed by atoms with Gasteiger partial charge >= 0.3 is 6.09 Å². The van der Waals surface area contributed by atoms with Crippen LogP contribution >= 0.6 is 0 Å². The van der Waals surface area contributed by atoms with Gasteiger partial charge in [0.25, 0.3) is 0 Å². The van der Waals surface area contributed by atoms with E-state index in [-0.39, 0.29) is 6.61 Å². The van der Waals surface area contributed by atoms with Gasteiger partial charge in [0.1, 0.15) is 0 Å². The molecule has 14 heavy (non-hydrogen) atoms. The van der Waals surface area contributed by atoms with Gasteiger partial charge in [-0.1, -0.05) is 0 Å². The van der Waals surface area contributed by atoms with E-state index in [9.17, 15) is 4.79 Å². The molecule has 84 valence electrons. The zero-order chi connectivity index (χ0) is 10.6. The molecule has 0 aromatic heterocycles. The molecule has 2 N–H and O–H groups in total. The van der Waals surface area contributed by atoms with Crippen LogP contribution in [0.15, 0.2) is 0 Å². The molecule has 0 aromatic rings. The Morgan fingerprint density at radius 1 is 1.21 bits per heavy atom. The van der Waals surface area contributed by atoms with Gasteiger partial charge in [-0.05, 0) is 0 Å². The van der Waals surface area contributed by atoms with Crippen LogP contribution in [0.25, 0.3) is 0 Å². The third-order valence-corrected chi connectivity index (χ3v) is 1.31. The van der Waals surface area contributed by atoms with E-state index in [4.69, 9.17) is 14.6 Å². The van der Waals surface area contributed by atoms with Crippen molar-refractivity contribution < 1.29 is 24.1 Å². The number of nitrogens with one attached hydrogen (secondary N) is 1. The maximum absolute atomic E-state index is 10.5. The SMILES string of the molecule is COC(=O)NCCOCCOCCO. The normalized spacial score (nSPS) is 9.86. The summed E-state index contributed by atoms with van der Waals surface area (Å²) in [4.78, 5) is 10.5. The van der Waals surface area contributed by atoms with E-state index in [0.29, 0.717) is 33.0 Å². The largest absolute Gasteiger partial charge is 0.453 e. The van der Waals surface area contributed by atoms with Crippen molar-refractivity contribution in [2.75, 3.05) is 46.7 Å². The molecule has 0 bridgehead atoms. The third-order valence-electron chi connectivity index (χ3n) is 1.31. The smallest absolute Gasteiger partial charge is 0.406 e. The van der Waals surface area contributed by atoms with Crippen molar-refractivity contribution in [3.8, 4) is 0 Å². The lowest BCUT2D eigenvalue weighted by Crippen LogP contribution is -2.27. The number of ether oxygens (including phenoxy) is 3. The summed E-state index contributed by atoms with van der Waals surface area (Å²) in [7, 11) is 1.30. The Hall–Kier alpha value is -0.850. The van der Waals surface area contributed by atoms with Crippen LogP contribution in [0.4, 0.5) is 4.79 Å². The highest BCUT2D eigenvalue weighted by Crippen LogP contribution is 1.78. The van der Waals surface area contributed by atoms with Gasteiger partial charge in [0.15, 0.2) is 0 Å². The first-order valence-corrected chi connectivity index (χ1v) is 4.39. The lowest BCUT2D eigenvalue weighted by Gasteiger charge is -2.05. The summed E-state index contributed by atoms with van der Waals surface area (Å²) in [6, 6.07) is 0. The van der Waals surface area contributed by atoms with E-state index >= 15 is 0 Å². The molecule has 0 aromatic carbocycles. The van der Waals surface area contributed by atoms with Crippen LogP contribution in [-0.4, -0.2) is 57.9 Å². The van der Waals surface area contributed by atoms with Gasteiger partial charge in [-0.3, -0.25) is 0 Å². The zero-order valence-corrected chi connectivity index (χ0v) is 8.32. The average Bonchev–Trinajstić information content (AvgIpc) is 2.21. The fourth-order valence-electron chi connectivity index (χ4n) is 0.684. The highest BCUT2D eigenvalue weighted by atomic mass is 16.5.